The van der Waals surface area contributed by atoms with Crippen LogP contribution < -0.4 is 5.32 Å². The molecule has 3 N–H and O–H groups in total. The number of H-pyrrole nitrogens is 1. The summed E-state index contributed by atoms with van der Waals surface area (Å²) in [7, 11) is 1.39. The molecule has 2 heterocycles. The van der Waals surface area contributed by atoms with E-state index in [1.54, 1.807) is 0 Å². The first-order chi connectivity index (χ1) is 12.6. The molecule has 0 radical (unpaired) electrons. The number of para-hydroxylation sites is 1. The monoisotopic (exact) mass is 354 g/mol. The van der Waals surface area contributed by atoms with Crippen LogP contribution >= 0.6 is 0 Å². The van der Waals surface area contributed by atoms with Crippen LogP contribution in [0.2, 0.25) is 0 Å². The lowest BCUT2D eigenvalue weighted by molar-refractivity contribution is -0.136. The second-order valence-corrected chi connectivity index (χ2v) is 6.64. The Hall–Kier alpha value is -2.37. The van der Waals surface area contributed by atoms with Gasteiger partial charge in [0.25, 0.3) is 0 Å². The van der Waals surface area contributed by atoms with Crippen molar-refractivity contribution in [2.45, 2.75) is 25.8 Å². The molecule has 138 valence electrons. The van der Waals surface area contributed by atoms with Gasteiger partial charge in [0.2, 0.25) is 0 Å². The van der Waals surface area contributed by atoms with E-state index in [2.05, 4.69) is 22.9 Å². The SMILES string of the molecule is C=C(C(=O)OC)[C@H]1C[C@@H](c2[nH]c3ccccc3c2CCO)NC/C1=C\C. The van der Waals surface area contributed by atoms with Gasteiger partial charge >= 0.3 is 5.97 Å². The van der Waals surface area contributed by atoms with Crippen molar-refractivity contribution in [1.82, 2.24) is 10.3 Å². The summed E-state index contributed by atoms with van der Waals surface area (Å²) in [6.07, 6.45) is 3.36. The van der Waals surface area contributed by atoms with Crippen molar-refractivity contribution in [2.75, 3.05) is 20.3 Å². The van der Waals surface area contributed by atoms with Crippen LogP contribution in [0.5, 0.6) is 0 Å². The fraction of sp³-hybridized carbons (Fsp3) is 0.381. The maximum absolute atomic E-state index is 12.0. The first-order valence-corrected chi connectivity index (χ1v) is 8.96. The number of carbonyl (C=O) groups excluding carboxylic acids is 1. The molecule has 1 fully saturated rings. The van der Waals surface area contributed by atoms with Gasteiger partial charge in [-0.2, -0.15) is 0 Å². The van der Waals surface area contributed by atoms with Crippen molar-refractivity contribution in [3.05, 3.63) is 59.3 Å². The molecule has 1 saturated heterocycles. The zero-order chi connectivity index (χ0) is 18.7. The van der Waals surface area contributed by atoms with Crippen LogP contribution in [0.15, 0.2) is 48.1 Å². The zero-order valence-corrected chi connectivity index (χ0v) is 15.3. The summed E-state index contributed by atoms with van der Waals surface area (Å²) in [5, 5.41) is 14.2. The van der Waals surface area contributed by atoms with Crippen LogP contribution in [0.4, 0.5) is 0 Å². The molecule has 1 aliphatic rings. The Morgan fingerprint density at radius 1 is 1.42 bits per heavy atom. The third-order valence-electron chi connectivity index (χ3n) is 5.27. The van der Waals surface area contributed by atoms with Crippen LogP contribution in [-0.4, -0.2) is 36.3 Å². The van der Waals surface area contributed by atoms with E-state index in [9.17, 15) is 9.90 Å². The number of carbonyl (C=O) groups is 1. The van der Waals surface area contributed by atoms with Gasteiger partial charge in [-0.15, -0.1) is 0 Å². The maximum Gasteiger partial charge on any atom is 0.333 e. The lowest BCUT2D eigenvalue weighted by atomic mass is 9.81. The molecule has 1 aromatic carbocycles. The van der Waals surface area contributed by atoms with Crippen LogP contribution in [0, 0.1) is 5.92 Å². The Morgan fingerprint density at radius 2 is 2.19 bits per heavy atom. The molecular weight excluding hydrogens is 328 g/mol. The number of esters is 1. The lowest BCUT2D eigenvalue weighted by Crippen LogP contribution is -2.36. The number of aromatic nitrogens is 1. The fourth-order valence-electron chi connectivity index (χ4n) is 3.90. The number of piperidine rings is 1. The van der Waals surface area contributed by atoms with E-state index in [-0.39, 0.29) is 24.5 Å². The first kappa shape index (κ1) is 18.4. The summed E-state index contributed by atoms with van der Waals surface area (Å²) >= 11 is 0. The van der Waals surface area contributed by atoms with Gasteiger partial charge in [-0.3, -0.25) is 0 Å². The van der Waals surface area contributed by atoms with Crippen molar-refractivity contribution in [2.24, 2.45) is 5.92 Å². The van der Waals surface area contributed by atoms with Gasteiger partial charge in [-0.25, -0.2) is 4.79 Å². The molecular formula is C21H26N2O3. The summed E-state index contributed by atoms with van der Waals surface area (Å²) in [5.74, 6) is -0.408. The normalized spacial score (nSPS) is 21.9. The van der Waals surface area contributed by atoms with Crippen molar-refractivity contribution in [3.8, 4) is 0 Å². The minimum absolute atomic E-state index is 0.0490. The summed E-state index contributed by atoms with van der Waals surface area (Å²) in [5.41, 5.74) is 4.92. The highest BCUT2D eigenvalue weighted by Gasteiger charge is 2.32. The number of fused-ring (bicyclic) bond motifs is 1. The Morgan fingerprint density at radius 3 is 2.88 bits per heavy atom. The minimum atomic E-state index is -0.359. The number of allylic oxidation sites excluding steroid dienone is 1. The number of aliphatic hydroxyl groups is 1. The van der Waals surface area contributed by atoms with E-state index in [0.29, 0.717) is 18.5 Å². The summed E-state index contributed by atoms with van der Waals surface area (Å²) in [6.45, 7) is 6.75. The van der Waals surface area contributed by atoms with Crippen molar-refractivity contribution < 1.29 is 14.6 Å². The predicted octanol–water partition coefficient (Wildman–Crippen LogP) is 3.03. The second kappa shape index (κ2) is 7.89. The van der Waals surface area contributed by atoms with Crippen LogP contribution in [-0.2, 0) is 16.0 Å². The van der Waals surface area contributed by atoms with Crippen LogP contribution in [0.25, 0.3) is 10.9 Å². The van der Waals surface area contributed by atoms with Gasteiger partial charge in [0.05, 0.1) is 7.11 Å². The minimum Gasteiger partial charge on any atom is -0.466 e. The number of aromatic amines is 1. The van der Waals surface area contributed by atoms with Crippen molar-refractivity contribution in [3.63, 3.8) is 0 Å². The van der Waals surface area contributed by atoms with Crippen LogP contribution in [0.3, 0.4) is 0 Å². The van der Waals surface area contributed by atoms with E-state index in [0.717, 1.165) is 34.2 Å². The van der Waals surface area contributed by atoms with Gasteiger partial charge in [-0.05, 0) is 31.4 Å². The number of nitrogens with one attached hydrogen (secondary N) is 2. The van der Waals surface area contributed by atoms with E-state index >= 15 is 0 Å². The predicted molar refractivity (Wildman–Crippen MR) is 103 cm³/mol. The van der Waals surface area contributed by atoms with E-state index in [1.165, 1.54) is 7.11 Å². The molecule has 0 unspecified atom stereocenters. The molecule has 1 aromatic heterocycles. The van der Waals surface area contributed by atoms with Crippen molar-refractivity contribution >= 4 is 16.9 Å². The highest BCUT2D eigenvalue weighted by atomic mass is 16.5. The molecule has 5 nitrogen and oxygen atoms in total. The third-order valence-corrected chi connectivity index (χ3v) is 5.27. The topological polar surface area (TPSA) is 74.4 Å². The Labute approximate surface area is 153 Å². The quantitative estimate of drug-likeness (QED) is 0.438. The van der Waals surface area contributed by atoms with Gasteiger partial charge < -0.3 is 20.1 Å². The summed E-state index contributed by atoms with van der Waals surface area (Å²) in [4.78, 5) is 15.5. The number of ether oxygens (including phenoxy) is 1. The molecule has 0 amide bonds. The summed E-state index contributed by atoms with van der Waals surface area (Å²) in [6, 6.07) is 8.18. The average molecular weight is 354 g/mol. The first-order valence-electron chi connectivity index (χ1n) is 8.96. The second-order valence-electron chi connectivity index (χ2n) is 6.64. The molecule has 0 bridgehead atoms. The molecule has 2 atom stereocenters. The highest BCUT2D eigenvalue weighted by Crippen LogP contribution is 2.37. The number of benzene rings is 1. The molecule has 5 heteroatoms. The van der Waals surface area contributed by atoms with E-state index in [4.69, 9.17) is 4.74 Å². The molecule has 0 spiro atoms. The van der Waals surface area contributed by atoms with Crippen LogP contribution in [0.1, 0.15) is 30.6 Å². The molecule has 0 aliphatic carbocycles. The molecule has 2 aromatic rings. The number of rotatable bonds is 5. The molecule has 1 aliphatic heterocycles. The van der Waals surface area contributed by atoms with Crippen molar-refractivity contribution in [1.29, 1.82) is 0 Å². The lowest BCUT2D eigenvalue weighted by Gasteiger charge is -2.33. The Balaban J connectivity index is 1.97. The number of methoxy groups -OCH3 is 1. The van der Waals surface area contributed by atoms with Gasteiger partial charge in [0.1, 0.15) is 0 Å². The third kappa shape index (κ3) is 3.32. The highest BCUT2D eigenvalue weighted by molar-refractivity contribution is 5.89. The van der Waals surface area contributed by atoms with Gasteiger partial charge in [0, 0.05) is 47.3 Å². The maximum atomic E-state index is 12.0. The largest absolute Gasteiger partial charge is 0.466 e. The van der Waals surface area contributed by atoms with E-state index in [1.807, 2.05) is 31.2 Å². The number of hydrogen-bond donors (Lipinski definition) is 3. The van der Waals surface area contributed by atoms with E-state index < -0.39 is 0 Å². The average Bonchev–Trinajstić information content (AvgIpc) is 3.05. The Kier molecular flexibility index (Phi) is 5.59. The Bertz CT molecular complexity index is 850. The fourth-order valence-corrected chi connectivity index (χ4v) is 3.90. The zero-order valence-electron chi connectivity index (χ0n) is 15.3. The smallest absolute Gasteiger partial charge is 0.333 e. The number of hydrogen-bond acceptors (Lipinski definition) is 4. The molecule has 26 heavy (non-hydrogen) atoms. The van der Waals surface area contributed by atoms with Gasteiger partial charge in [-0.1, -0.05) is 36.4 Å². The standard InChI is InChI=1S/C21H26N2O3/c1-4-14-12-22-19(11-17(14)13(2)21(25)26-3)20-16(9-10-24)15-7-5-6-8-18(15)23-20/h4-8,17,19,22-24H,2,9-12H2,1,3H3/b14-4+/t17-,19+/m1/s1. The molecule has 3 rings (SSSR count). The summed E-state index contributed by atoms with van der Waals surface area (Å²) < 4.78 is 4.88. The van der Waals surface area contributed by atoms with Gasteiger partial charge in [0.15, 0.2) is 0 Å². The number of aliphatic hydroxyl groups excluding tert-OH is 1. The molecule has 0 saturated carbocycles.